The number of nitrogens with one attached hydrogen (secondary N) is 1. The first-order valence-corrected chi connectivity index (χ1v) is 8.24. The first kappa shape index (κ1) is 16.2. The van der Waals surface area contributed by atoms with E-state index in [1.807, 2.05) is 50.2 Å². The molecule has 0 unspecified atom stereocenters. The van der Waals surface area contributed by atoms with Crippen LogP contribution in [0.1, 0.15) is 11.4 Å². The first-order valence-electron chi connectivity index (χ1n) is 8.24. The van der Waals surface area contributed by atoms with E-state index in [9.17, 15) is 5.11 Å². The van der Waals surface area contributed by atoms with Crippen LogP contribution in [0, 0.1) is 13.8 Å². The molecule has 0 aliphatic carbocycles. The van der Waals surface area contributed by atoms with E-state index in [1.54, 1.807) is 9.20 Å². The van der Waals surface area contributed by atoms with Gasteiger partial charge in [-0.2, -0.15) is 9.61 Å². The molecule has 1 aromatic carbocycles. The van der Waals surface area contributed by atoms with Crippen molar-refractivity contribution in [2.45, 2.75) is 13.8 Å². The quantitative estimate of drug-likeness (QED) is 0.560. The Kier molecular flexibility index (Phi) is 4.05. The maximum absolute atomic E-state index is 9.22. The van der Waals surface area contributed by atoms with Crippen molar-refractivity contribution in [2.75, 3.05) is 18.5 Å². The molecule has 4 rings (SSSR count). The molecule has 3 heterocycles. The Morgan fingerprint density at radius 3 is 2.58 bits per heavy atom. The molecule has 0 amide bonds. The third kappa shape index (κ3) is 2.78. The number of rotatable bonds is 5. The zero-order chi connectivity index (χ0) is 18.1. The molecular formula is C17H18N8O. The number of hydrogen-bond acceptors (Lipinski definition) is 7. The third-order valence-electron chi connectivity index (χ3n) is 3.91. The fourth-order valence-electron chi connectivity index (χ4n) is 2.81. The zero-order valence-corrected chi connectivity index (χ0v) is 14.5. The van der Waals surface area contributed by atoms with Crippen LogP contribution >= 0.6 is 0 Å². The van der Waals surface area contributed by atoms with Crippen molar-refractivity contribution in [1.82, 2.24) is 34.6 Å². The summed E-state index contributed by atoms with van der Waals surface area (Å²) in [4.78, 5) is 4.55. The van der Waals surface area contributed by atoms with Gasteiger partial charge >= 0.3 is 0 Å². The lowest BCUT2D eigenvalue weighted by Crippen LogP contribution is -2.13. The number of imidazole rings is 1. The molecule has 26 heavy (non-hydrogen) atoms. The van der Waals surface area contributed by atoms with Gasteiger partial charge in [-0.1, -0.05) is 30.3 Å². The fraction of sp³-hybridized carbons (Fsp3) is 0.235. The number of hydrogen-bond donors (Lipinski definition) is 2. The van der Waals surface area contributed by atoms with Crippen LogP contribution < -0.4 is 5.32 Å². The maximum Gasteiger partial charge on any atom is 0.287 e. The molecule has 0 saturated heterocycles. The molecule has 4 aromatic rings. The number of aromatic nitrogens is 7. The molecule has 9 heteroatoms. The smallest absolute Gasteiger partial charge is 0.287 e. The molecule has 9 nitrogen and oxygen atoms in total. The van der Waals surface area contributed by atoms with E-state index in [2.05, 4.69) is 30.7 Å². The Hall–Kier alpha value is -3.33. The lowest BCUT2D eigenvalue weighted by atomic mass is 10.1. The zero-order valence-electron chi connectivity index (χ0n) is 14.5. The van der Waals surface area contributed by atoms with Crippen molar-refractivity contribution in [3.8, 4) is 17.2 Å². The molecule has 3 aromatic heterocycles. The van der Waals surface area contributed by atoms with Gasteiger partial charge < -0.3 is 10.4 Å². The average Bonchev–Trinajstić information content (AvgIpc) is 3.19. The van der Waals surface area contributed by atoms with Crippen molar-refractivity contribution >= 4 is 11.6 Å². The van der Waals surface area contributed by atoms with Crippen molar-refractivity contribution in [3.05, 3.63) is 47.8 Å². The maximum atomic E-state index is 9.22. The Labute approximate surface area is 149 Å². The number of benzene rings is 1. The van der Waals surface area contributed by atoms with E-state index < -0.39 is 0 Å². The first-order chi connectivity index (χ1) is 12.7. The minimum atomic E-state index is -0.00963. The van der Waals surface area contributed by atoms with Gasteiger partial charge in [0.25, 0.3) is 11.7 Å². The van der Waals surface area contributed by atoms with E-state index in [0.29, 0.717) is 29.8 Å². The summed E-state index contributed by atoms with van der Waals surface area (Å²) in [5.74, 6) is 1.37. The molecule has 0 radical (unpaired) electrons. The predicted molar refractivity (Wildman–Crippen MR) is 96.2 cm³/mol. The summed E-state index contributed by atoms with van der Waals surface area (Å²) in [6.07, 6.45) is 0. The van der Waals surface area contributed by atoms with Gasteiger partial charge in [0.1, 0.15) is 5.69 Å². The van der Waals surface area contributed by atoms with Crippen LogP contribution in [0.15, 0.2) is 36.4 Å². The third-order valence-corrected chi connectivity index (χ3v) is 3.91. The number of aryl methyl sites for hydroxylation is 2. The second kappa shape index (κ2) is 6.52. The molecule has 0 fully saturated rings. The highest BCUT2D eigenvalue weighted by atomic mass is 16.3. The van der Waals surface area contributed by atoms with E-state index in [-0.39, 0.29) is 6.61 Å². The number of nitrogens with zero attached hydrogens (tertiary/aromatic N) is 7. The SMILES string of the molecule is Cc1cc(C)n(-c2nnc3nc(-c4ccccc4)c(NCCO)n3n2)n1. The van der Waals surface area contributed by atoms with Crippen molar-refractivity contribution < 1.29 is 5.11 Å². The summed E-state index contributed by atoms with van der Waals surface area (Å²) in [7, 11) is 0. The number of anilines is 1. The summed E-state index contributed by atoms with van der Waals surface area (Å²) >= 11 is 0. The average molecular weight is 350 g/mol. The monoisotopic (exact) mass is 350 g/mol. The van der Waals surface area contributed by atoms with Gasteiger partial charge in [-0.05, 0) is 19.9 Å². The normalized spacial score (nSPS) is 11.2. The minimum Gasteiger partial charge on any atom is -0.395 e. The number of fused-ring (bicyclic) bond motifs is 1. The van der Waals surface area contributed by atoms with E-state index in [1.165, 1.54) is 0 Å². The molecule has 2 N–H and O–H groups in total. The molecule has 0 aliphatic heterocycles. The van der Waals surface area contributed by atoms with Crippen LogP contribution in [0.5, 0.6) is 0 Å². The lowest BCUT2D eigenvalue weighted by Gasteiger charge is -2.07. The Balaban J connectivity index is 1.90. The standard InChI is InChI=1S/C17H18N8O/c1-11-10-12(2)24(22-11)17-21-20-16-19-14(13-6-4-3-5-7-13)15(18-8-9-26)25(16)23-17/h3-7,10,18,26H,8-9H2,1-2H3. The minimum absolute atomic E-state index is 0.00963. The summed E-state index contributed by atoms with van der Waals surface area (Å²) in [6.45, 7) is 4.20. The van der Waals surface area contributed by atoms with E-state index in [0.717, 1.165) is 17.0 Å². The summed E-state index contributed by atoms with van der Waals surface area (Å²) in [5.41, 5.74) is 3.41. The van der Waals surface area contributed by atoms with Gasteiger partial charge in [-0.25, -0.2) is 9.67 Å². The Morgan fingerprint density at radius 2 is 1.88 bits per heavy atom. The Bertz CT molecular complexity index is 1050. The van der Waals surface area contributed by atoms with Gasteiger partial charge in [-0.3, -0.25) is 0 Å². The molecule has 0 aliphatic rings. The van der Waals surface area contributed by atoms with Gasteiger partial charge in [0.05, 0.1) is 12.3 Å². The molecule has 132 valence electrons. The highest BCUT2D eigenvalue weighted by molar-refractivity contribution is 5.75. The van der Waals surface area contributed by atoms with Crippen molar-refractivity contribution in [1.29, 1.82) is 0 Å². The van der Waals surface area contributed by atoms with Crippen LogP contribution in [0.4, 0.5) is 5.82 Å². The second-order valence-electron chi connectivity index (χ2n) is 5.88. The largest absolute Gasteiger partial charge is 0.395 e. The molecule has 0 bridgehead atoms. The van der Waals surface area contributed by atoms with Crippen LogP contribution in [0.2, 0.25) is 0 Å². The topological polar surface area (TPSA) is 106 Å². The molecule has 0 spiro atoms. The van der Waals surface area contributed by atoms with Crippen LogP contribution in [-0.4, -0.2) is 52.8 Å². The summed E-state index contributed by atoms with van der Waals surface area (Å²) < 4.78 is 3.23. The predicted octanol–water partition coefficient (Wildman–Crippen LogP) is 1.39. The number of aliphatic hydroxyl groups excluding tert-OH is 1. The van der Waals surface area contributed by atoms with Crippen LogP contribution in [-0.2, 0) is 0 Å². The summed E-state index contributed by atoms with van der Waals surface area (Å²) in [5, 5.41) is 29.7. The van der Waals surface area contributed by atoms with Gasteiger partial charge in [0, 0.05) is 17.8 Å². The molecular weight excluding hydrogens is 332 g/mol. The molecule has 0 atom stereocenters. The van der Waals surface area contributed by atoms with Gasteiger partial charge in [0.15, 0.2) is 5.82 Å². The fourth-order valence-corrected chi connectivity index (χ4v) is 2.81. The van der Waals surface area contributed by atoms with Gasteiger partial charge in [0.2, 0.25) is 0 Å². The van der Waals surface area contributed by atoms with Crippen LogP contribution in [0.25, 0.3) is 23.0 Å². The van der Waals surface area contributed by atoms with Gasteiger partial charge in [-0.15, -0.1) is 15.3 Å². The second-order valence-corrected chi connectivity index (χ2v) is 5.88. The summed E-state index contributed by atoms with van der Waals surface area (Å²) in [6, 6.07) is 11.7. The van der Waals surface area contributed by atoms with E-state index >= 15 is 0 Å². The van der Waals surface area contributed by atoms with Crippen molar-refractivity contribution in [3.63, 3.8) is 0 Å². The molecule has 0 saturated carbocycles. The van der Waals surface area contributed by atoms with Crippen LogP contribution in [0.3, 0.4) is 0 Å². The highest BCUT2D eigenvalue weighted by Crippen LogP contribution is 2.27. The lowest BCUT2D eigenvalue weighted by molar-refractivity contribution is 0.311. The van der Waals surface area contributed by atoms with E-state index in [4.69, 9.17) is 0 Å². The number of aliphatic hydroxyl groups is 1. The highest BCUT2D eigenvalue weighted by Gasteiger charge is 2.18. The Morgan fingerprint density at radius 1 is 1.08 bits per heavy atom. The van der Waals surface area contributed by atoms with Crippen molar-refractivity contribution in [2.24, 2.45) is 0 Å².